The monoisotopic (exact) mass is 223 g/mol. The maximum Gasteiger partial charge on any atom is 0.332 e. The molecule has 3 nitrogen and oxygen atoms in total. The molecule has 0 radical (unpaired) electrons. The highest BCUT2D eigenvalue weighted by Gasteiger charge is 1.95. The van der Waals surface area contributed by atoms with Gasteiger partial charge in [0.05, 0.1) is 7.11 Å². The molecule has 0 saturated carbocycles. The first kappa shape index (κ1) is 19.1. The van der Waals surface area contributed by atoms with Crippen LogP contribution in [0.1, 0.15) is 20.3 Å². The van der Waals surface area contributed by atoms with Crippen molar-refractivity contribution in [2.75, 3.05) is 27.7 Å². The average molecular weight is 224 g/mol. The summed E-state index contributed by atoms with van der Waals surface area (Å²) in [5, 5.41) is 0. The number of esters is 1. The van der Waals surface area contributed by atoms with Crippen LogP contribution in [0.25, 0.3) is 0 Å². The number of carbonyl (C=O) groups excluding carboxylic acids is 1. The first-order chi connectivity index (χ1) is 5.95. The number of hydrogen-bond donors (Lipinski definition) is 0. The van der Waals surface area contributed by atoms with Gasteiger partial charge in [-0.05, 0) is 34.0 Å². The number of ether oxygens (including phenoxy) is 1. The molecule has 0 aromatic heterocycles. The van der Waals surface area contributed by atoms with Gasteiger partial charge in [-0.3, -0.25) is 0 Å². The normalized spacial score (nSPS) is 8.14. The summed E-state index contributed by atoms with van der Waals surface area (Å²) in [6, 6.07) is 0. The van der Waals surface area contributed by atoms with E-state index < -0.39 is 0 Å². The third-order valence-electron chi connectivity index (χ3n) is 1.20. The summed E-state index contributed by atoms with van der Waals surface area (Å²) >= 11 is 0. The topological polar surface area (TPSA) is 29.5 Å². The largest absolute Gasteiger partial charge is 0.466 e. The number of carbonyl (C=O) groups is 1. The van der Waals surface area contributed by atoms with Crippen LogP contribution in [-0.2, 0) is 9.53 Å². The lowest BCUT2D eigenvalue weighted by atomic mass is 10.4. The molecular formula is C10H22ClNO2. The first-order valence-electron chi connectivity index (χ1n) is 4.34. The second kappa shape index (κ2) is 12.5. The van der Waals surface area contributed by atoms with Gasteiger partial charge in [0, 0.05) is 5.57 Å². The van der Waals surface area contributed by atoms with Gasteiger partial charge in [-0.1, -0.05) is 13.5 Å². The van der Waals surface area contributed by atoms with E-state index in [9.17, 15) is 4.79 Å². The molecule has 0 spiro atoms. The number of hydrogen-bond acceptors (Lipinski definition) is 3. The minimum Gasteiger partial charge on any atom is -0.466 e. The second-order valence-electron chi connectivity index (χ2n) is 3.08. The van der Waals surface area contributed by atoms with Crippen molar-refractivity contribution in [3.05, 3.63) is 12.2 Å². The van der Waals surface area contributed by atoms with Gasteiger partial charge < -0.3 is 9.64 Å². The van der Waals surface area contributed by atoms with Crippen molar-refractivity contribution in [1.29, 1.82) is 0 Å². The Hall–Kier alpha value is -0.540. The Labute approximate surface area is 93.5 Å². The molecule has 0 aliphatic heterocycles. The highest BCUT2D eigenvalue weighted by molar-refractivity contribution is 5.86. The van der Waals surface area contributed by atoms with E-state index in [4.69, 9.17) is 0 Å². The summed E-state index contributed by atoms with van der Waals surface area (Å²) in [7, 11) is 5.50. The minimum absolute atomic E-state index is 0. The van der Waals surface area contributed by atoms with Crippen molar-refractivity contribution in [1.82, 2.24) is 4.90 Å². The van der Waals surface area contributed by atoms with Crippen molar-refractivity contribution >= 4 is 18.4 Å². The van der Waals surface area contributed by atoms with Crippen molar-refractivity contribution < 1.29 is 9.53 Å². The van der Waals surface area contributed by atoms with Crippen molar-refractivity contribution in [3.8, 4) is 0 Å². The molecule has 0 bridgehead atoms. The molecule has 0 fully saturated rings. The molecule has 0 aromatic carbocycles. The maximum absolute atomic E-state index is 10.2. The van der Waals surface area contributed by atoms with E-state index in [2.05, 4.69) is 37.2 Å². The van der Waals surface area contributed by atoms with Crippen LogP contribution in [0.4, 0.5) is 0 Å². The van der Waals surface area contributed by atoms with Gasteiger partial charge in [0.1, 0.15) is 0 Å². The SMILES string of the molecule is C=C(C)C(=O)OC.CCCN(C)C.Cl. The predicted octanol–water partition coefficient (Wildman–Crippen LogP) is 2.12. The zero-order valence-corrected chi connectivity index (χ0v) is 10.6. The van der Waals surface area contributed by atoms with Crippen LogP contribution in [0.15, 0.2) is 12.2 Å². The Balaban J connectivity index is -0.000000163. The Kier molecular flexibility index (Phi) is 17.0. The Morgan fingerprint density at radius 3 is 1.86 bits per heavy atom. The van der Waals surface area contributed by atoms with E-state index in [-0.39, 0.29) is 18.4 Å². The standard InChI is InChI=1S/C5H13N.C5H8O2.ClH/c1-4-5-6(2)3;1-4(2)5(6)7-3;/h4-5H2,1-3H3;1H2,2-3H3;1H. The molecule has 0 saturated heterocycles. The fourth-order valence-electron chi connectivity index (χ4n) is 0.621. The van der Waals surface area contributed by atoms with Crippen LogP contribution >= 0.6 is 12.4 Å². The van der Waals surface area contributed by atoms with Crippen LogP contribution < -0.4 is 0 Å². The third kappa shape index (κ3) is 17.5. The van der Waals surface area contributed by atoms with E-state index in [0.717, 1.165) is 0 Å². The fraction of sp³-hybridized carbons (Fsp3) is 0.700. The zero-order valence-electron chi connectivity index (χ0n) is 9.79. The van der Waals surface area contributed by atoms with Crippen molar-refractivity contribution in [2.45, 2.75) is 20.3 Å². The Morgan fingerprint density at radius 2 is 1.86 bits per heavy atom. The van der Waals surface area contributed by atoms with Gasteiger partial charge in [0.2, 0.25) is 0 Å². The lowest BCUT2D eigenvalue weighted by Crippen LogP contribution is -2.11. The van der Waals surface area contributed by atoms with Gasteiger partial charge in [0.25, 0.3) is 0 Å². The predicted molar refractivity (Wildman–Crippen MR) is 62.9 cm³/mol. The second-order valence-corrected chi connectivity index (χ2v) is 3.08. The van der Waals surface area contributed by atoms with Crippen LogP contribution in [0, 0.1) is 0 Å². The maximum atomic E-state index is 10.2. The van der Waals surface area contributed by atoms with Gasteiger partial charge >= 0.3 is 5.97 Å². The Bertz CT molecular complexity index is 158. The first-order valence-corrected chi connectivity index (χ1v) is 4.34. The molecule has 0 aliphatic carbocycles. The van der Waals surface area contributed by atoms with Crippen molar-refractivity contribution in [2.24, 2.45) is 0 Å². The van der Waals surface area contributed by atoms with Gasteiger partial charge in [-0.2, -0.15) is 0 Å². The summed E-state index contributed by atoms with van der Waals surface area (Å²) in [5.41, 5.74) is 0.433. The quantitative estimate of drug-likeness (QED) is 0.542. The molecule has 0 rings (SSSR count). The fourth-order valence-corrected chi connectivity index (χ4v) is 0.621. The summed E-state index contributed by atoms with van der Waals surface area (Å²) in [6.07, 6.45) is 1.26. The zero-order chi connectivity index (χ0) is 10.9. The summed E-state index contributed by atoms with van der Waals surface area (Å²) in [6.45, 7) is 8.34. The molecule has 0 amide bonds. The van der Waals surface area contributed by atoms with Gasteiger partial charge in [-0.15, -0.1) is 12.4 Å². The molecule has 14 heavy (non-hydrogen) atoms. The molecule has 0 N–H and O–H groups in total. The van der Waals surface area contributed by atoms with Crippen molar-refractivity contribution in [3.63, 3.8) is 0 Å². The molecule has 0 heterocycles. The molecule has 0 atom stereocenters. The molecule has 0 aromatic rings. The van der Waals surface area contributed by atoms with Crippen LogP contribution in [0.5, 0.6) is 0 Å². The van der Waals surface area contributed by atoms with E-state index >= 15 is 0 Å². The highest BCUT2D eigenvalue weighted by Crippen LogP contribution is 1.87. The molecule has 86 valence electrons. The summed E-state index contributed by atoms with van der Waals surface area (Å²) in [5.74, 6) is -0.347. The highest BCUT2D eigenvalue weighted by atomic mass is 35.5. The van der Waals surface area contributed by atoms with Crippen LogP contribution in [0.3, 0.4) is 0 Å². The number of rotatable bonds is 3. The van der Waals surface area contributed by atoms with Gasteiger partial charge in [0.15, 0.2) is 0 Å². The lowest BCUT2D eigenvalue weighted by Gasteiger charge is -2.03. The van der Waals surface area contributed by atoms with E-state index in [0.29, 0.717) is 5.57 Å². The lowest BCUT2D eigenvalue weighted by molar-refractivity contribution is -0.136. The van der Waals surface area contributed by atoms with E-state index in [1.807, 2.05) is 0 Å². The minimum atomic E-state index is -0.347. The molecule has 0 aliphatic rings. The summed E-state index contributed by atoms with van der Waals surface area (Å²) < 4.78 is 4.27. The molecule has 4 heteroatoms. The summed E-state index contributed by atoms with van der Waals surface area (Å²) in [4.78, 5) is 12.4. The van der Waals surface area contributed by atoms with Crippen LogP contribution in [0.2, 0.25) is 0 Å². The smallest absolute Gasteiger partial charge is 0.332 e. The Morgan fingerprint density at radius 1 is 1.43 bits per heavy atom. The van der Waals surface area contributed by atoms with Gasteiger partial charge in [-0.25, -0.2) is 4.79 Å². The van der Waals surface area contributed by atoms with E-state index in [1.54, 1.807) is 6.92 Å². The van der Waals surface area contributed by atoms with E-state index in [1.165, 1.54) is 20.1 Å². The molecule has 0 unspecified atom stereocenters. The number of nitrogens with zero attached hydrogens (tertiary/aromatic N) is 1. The average Bonchev–Trinajstić information content (AvgIpc) is 2.03. The number of halogens is 1. The number of methoxy groups -OCH3 is 1. The molecular weight excluding hydrogens is 202 g/mol. The van der Waals surface area contributed by atoms with Crippen LogP contribution in [-0.4, -0.2) is 38.6 Å². The third-order valence-corrected chi connectivity index (χ3v) is 1.20.